The molecule has 1 saturated heterocycles. The Labute approximate surface area is 103 Å². The van der Waals surface area contributed by atoms with Crippen LogP contribution >= 0.6 is 11.6 Å². The highest BCUT2D eigenvalue weighted by molar-refractivity contribution is 6.30. The second-order valence-corrected chi connectivity index (χ2v) is 5.51. The number of benzene rings is 1. The first-order valence-electron chi connectivity index (χ1n) is 5.75. The van der Waals surface area contributed by atoms with E-state index in [-0.39, 0.29) is 5.54 Å². The highest BCUT2D eigenvalue weighted by atomic mass is 35.5. The molecule has 0 aliphatic carbocycles. The lowest BCUT2D eigenvalue weighted by Gasteiger charge is -2.45. The summed E-state index contributed by atoms with van der Waals surface area (Å²) in [5.74, 6) is 0. The first-order valence-corrected chi connectivity index (χ1v) is 6.13. The molecule has 0 unspecified atom stereocenters. The van der Waals surface area contributed by atoms with Crippen LogP contribution in [0.15, 0.2) is 18.2 Å². The summed E-state index contributed by atoms with van der Waals surface area (Å²) < 4.78 is 0. The maximum Gasteiger partial charge on any atom is 0.0470 e. The molecule has 1 N–H and O–H groups in total. The summed E-state index contributed by atoms with van der Waals surface area (Å²) >= 11 is 6.09. The van der Waals surface area contributed by atoms with Gasteiger partial charge in [-0.15, -0.1) is 0 Å². The van der Waals surface area contributed by atoms with Crippen molar-refractivity contribution in [3.8, 4) is 0 Å². The van der Waals surface area contributed by atoms with Crippen molar-refractivity contribution < 1.29 is 0 Å². The van der Waals surface area contributed by atoms with E-state index in [1.807, 2.05) is 6.07 Å². The van der Waals surface area contributed by atoms with Gasteiger partial charge in [-0.1, -0.05) is 17.7 Å². The van der Waals surface area contributed by atoms with Crippen molar-refractivity contribution in [2.75, 3.05) is 24.5 Å². The maximum absolute atomic E-state index is 6.09. The Morgan fingerprint density at radius 1 is 1.38 bits per heavy atom. The van der Waals surface area contributed by atoms with E-state index in [9.17, 15) is 0 Å². The molecular formula is C13H19ClN2. The fourth-order valence-electron chi connectivity index (χ4n) is 2.30. The molecule has 0 radical (unpaired) electrons. The molecule has 88 valence electrons. The zero-order valence-electron chi connectivity index (χ0n) is 10.2. The molecule has 1 aromatic carbocycles. The highest BCUT2D eigenvalue weighted by Gasteiger charge is 2.30. The number of nitrogens with one attached hydrogen (secondary N) is 1. The Kier molecular flexibility index (Phi) is 3.13. The third-order valence-electron chi connectivity index (χ3n) is 3.26. The number of hydrogen-bond donors (Lipinski definition) is 1. The first-order chi connectivity index (χ1) is 7.50. The van der Waals surface area contributed by atoms with Crippen LogP contribution in [0, 0.1) is 6.92 Å². The summed E-state index contributed by atoms with van der Waals surface area (Å²) in [6, 6.07) is 6.12. The summed E-state index contributed by atoms with van der Waals surface area (Å²) in [5, 5.41) is 4.25. The van der Waals surface area contributed by atoms with Gasteiger partial charge in [0.1, 0.15) is 0 Å². The van der Waals surface area contributed by atoms with Crippen LogP contribution in [0.1, 0.15) is 19.4 Å². The Hall–Kier alpha value is -0.730. The van der Waals surface area contributed by atoms with Crippen LogP contribution < -0.4 is 10.2 Å². The third-order valence-corrected chi connectivity index (χ3v) is 3.50. The molecule has 0 saturated carbocycles. The van der Waals surface area contributed by atoms with E-state index >= 15 is 0 Å². The van der Waals surface area contributed by atoms with Gasteiger partial charge in [0.05, 0.1) is 0 Å². The zero-order chi connectivity index (χ0) is 11.8. The van der Waals surface area contributed by atoms with E-state index < -0.39 is 0 Å². The predicted molar refractivity (Wildman–Crippen MR) is 70.5 cm³/mol. The highest BCUT2D eigenvalue weighted by Crippen LogP contribution is 2.30. The smallest absolute Gasteiger partial charge is 0.0470 e. The van der Waals surface area contributed by atoms with Gasteiger partial charge in [-0.05, 0) is 38.5 Å². The molecule has 16 heavy (non-hydrogen) atoms. The number of rotatable bonds is 1. The average molecular weight is 239 g/mol. The van der Waals surface area contributed by atoms with Crippen LogP contribution in [-0.4, -0.2) is 25.2 Å². The van der Waals surface area contributed by atoms with Crippen molar-refractivity contribution in [2.45, 2.75) is 26.3 Å². The summed E-state index contributed by atoms with van der Waals surface area (Å²) in [5.41, 5.74) is 2.70. The Bertz CT molecular complexity index is 388. The van der Waals surface area contributed by atoms with Crippen LogP contribution in [0.5, 0.6) is 0 Å². The van der Waals surface area contributed by atoms with Gasteiger partial charge in [0, 0.05) is 35.9 Å². The van der Waals surface area contributed by atoms with Gasteiger partial charge < -0.3 is 10.2 Å². The van der Waals surface area contributed by atoms with Crippen molar-refractivity contribution in [3.05, 3.63) is 28.8 Å². The second kappa shape index (κ2) is 4.27. The standard InChI is InChI=1S/C13H19ClN2/c1-10-4-5-11(14)8-12(10)16-7-6-15-9-13(16,2)3/h4-5,8,15H,6-7,9H2,1-3H3. The number of halogens is 1. The van der Waals surface area contributed by atoms with Gasteiger partial charge in [0.25, 0.3) is 0 Å². The largest absolute Gasteiger partial charge is 0.364 e. The maximum atomic E-state index is 6.09. The van der Waals surface area contributed by atoms with Gasteiger partial charge in [-0.3, -0.25) is 0 Å². The Morgan fingerprint density at radius 3 is 2.81 bits per heavy atom. The van der Waals surface area contributed by atoms with Gasteiger partial charge in [0.15, 0.2) is 0 Å². The normalized spacial score (nSPS) is 19.9. The molecule has 0 spiro atoms. The second-order valence-electron chi connectivity index (χ2n) is 5.07. The summed E-state index contributed by atoms with van der Waals surface area (Å²) in [4.78, 5) is 2.45. The number of nitrogens with zero attached hydrogens (tertiary/aromatic N) is 1. The van der Waals surface area contributed by atoms with Gasteiger partial charge in [-0.2, -0.15) is 0 Å². The SMILES string of the molecule is Cc1ccc(Cl)cc1N1CCNCC1(C)C. The average Bonchev–Trinajstić information content (AvgIpc) is 2.22. The molecule has 0 amide bonds. The van der Waals surface area contributed by atoms with E-state index in [4.69, 9.17) is 11.6 Å². The molecule has 3 heteroatoms. The minimum atomic E-state index is 0.147. The van der Waals surface area contributed by atoms with Crippen molar-refractivity contribution >= 4 is 17.3 Å². The third kappa shape index (κ3) is 2.18. The van der Waals surface area contributed by atoms with Gasteiger partial charge in [-0.25, -0.2) is 0 Å². The lowest BCUT2D eigenvalue weighted by Crippen LogP contribution is -2.58. The zero-order valence-corrected chi connectivity index (χ0v) is 10.9. The topological polar surface area (TPSA) is 15.3 Å². The molecular weight excluding hydrogens is 220 g/mol. The van der Waals surface area contributed by atoms with Crippen LogP contribution in [0.3, 0.4) is 0 Å². The lowest BCUT2D eigenvalue weighted by atomic mass is 9.98. The van der Waals surface area contributed by atoms with Crippen molar-refractivity contribution in [2.24, 2.45) is 0 Å². The first kappa shape index (κ1) is 11.7. The van der Waals surface area contributed by atoms with Crippen LogP contribution in [0.2, 0.25) is 5.02 Å². The molecule has 1 aliphatic heterocycles. The molecule has 0 bridgehead atoms. The van der Waals surface area contributed by atoms with Crippen LogP contribution in [-0.2, 0) is 0 Å². The predicted octanol–water partition coefficient (Wildman–Crippen LogP) is 2.84. The Morgan fingerprint density at radius 2 is 2.12 bits per heavy atom. The fraction of sp³-hybridized carbons (Fsp3) is 0.538. The molecule has 2 nitrogen and oxygen atoms in total. The molecule has 2 rings (SSSR count). The van der Waals surface area contributed by atoms with E-state index in [1.165, 1.54) is 11.3 Å². The summed E-state index contributed by atoms with van der Waals surface area (Å²) in [6.45, 7) is 9.76. The van der Waals surface area contributed by atoms with E-state index in [1.54, 1.807) is 0 Å². The molecule has 0 atom stereocenters. The minimum absolute atomic E-state index is 0.147. The van der Waals surface area contributed by atoms with Crippen molar-refractivity contribution in [1.82, 2.24) is 5.32 Å². The quantitative estimate of drug-likeness (QED) is 0.810. The monoisotopic (exact) mass is 238 g/mol. The van der Waals surface area contributed by atoms with E-state index in [2.05, 4.69) is 43.1 Å². The van der Waals surface area contributed by atoms with Crippen molar-refractivity contribution in [1.29, 1.82) is 0 Å². The number of aryl methyl sites for hydroxylation is 1. The van der Waals surface area contributed by atoms with E-state index in [0.29, 0.717) is 0 Å². The molecule has 1 fully saturated rings. The van der Waals surface area contributed by atoms with Crippen LogP contribution in [0.4, 0.5) is 5.69 Å². The summed E-state index contributed by atoms with van der Waals surface area (Å²) in [7, 11) is 0. The van der Waals surface area contributed by atoms with Gasteiger partial charge >= 0.3 is 0 Å². The minimum Gasteiger partial charge on any atom is -0.364 e. The lowest BCUT2D eigenvalue weighted by molar-refractivity contribution is 0.380. The number of hydrogen-bond acceptors (Lipinski definition) is 2. The molecule has 1 aromatic rings. The molecule has 1 heterocycles. The molecule has 1 aliphatic rings. The fourth-order valence-corrected chi connectivity index (χ4v) is 2.47. The van der Waals surface area contributed by atoms with Gasteiger partial charge in [0.2, 0.25) is 0 Å². The van der Waals surface area contributed by atoms with Crippen LogP contribution in [0.25, 0.3) is 0 Å². The Balaban J connectivity index is 2.38. The molecule has 0 aromatic heterocycles. The summed E-state index contributed by atoms with van der Waals surface area (Å²) in [6.07, 6.45) is 0. The van der Waals surface area contributed by atoms with E-state index in [0.717, 1.165) is 24.7 Å². The number of piperazine rings is 1. The number of anilines is 1. The van der Waals surface area contributed by atoms with Crippen molar-refractivity contribution in [3.63, 3.8) is 0 Å².